The van der Waals surface area contributed by atoms with E-state index in [9.17, 15) is 14.4 Å². The molecule has 164 valence electrons. The van der Waals surface area contributed by atoms with Crippen molar-refractivity contribution in [2.75, 3.05) is 22.9 Å². The van der Waals surface area contributed by atoms with Crippen LogP contribution in [0.1, 0.15) is 32.3 Å². The number of para-hydroxylation sites is 1. The van der Waals surface area contributed by atoms with Crippen molar-refractivity contribution in [1.82, 2.24) is 14.5 Å². The van der Waals surface area contributed by atoms with Crippen molar-refractivity contribution in [3.8, 4) is 0 Å². The van der Waals surface area contributed by atoms with Gasteiger partial charge in [0.2, 0.25) is 5.91 Å². The molecule has 31 heavy (non-hydrogen) atoms. The van der Waals surface area contributed by atoms with Crippen LogP contribution in [0.15, 0.2) is 44.9 Å². The van der Waals surface area contributed by atoms with Gasteiger partial charge in [-0.2, -0.15) is 0 Å². The summed E-state index contributed by atoms with van der Waals surface area (Å²) in [6.07, 6.45) is 1.60. The number of aromatic amines is 1. The zero-order chi connectivity index (χ0) is 22.5. The number of hydrogen-bond donors (Lipinski definition) is 2. The average Bonchev–Trinajstić information content (AvgIpc) is 2.74. The number of amides is 1. The number of hydrogen-bond acceptors (Lipinski definition) is 6. The first kappa shape index (κ1) is 22.6. The summed E-state index contributed by atoms with van der Waals surface area (Å²) < 4.78 is 1.32. The Balaban J connectivity index is 1.86. The predicted octanol–water partition coefficient (Wildman–Crippen LogP) is 2.92. The smallest absolute Gasteiger partial charge is 0.330 e. The van der Waals surface area contributed by atoms with E-state index in [2.05, 4.69) is 9.97 Å². The summed E-state index contributed by atoms with van der Waals surface area (Å²) in [5, 5.41) is 1.80. The number of nitrogens with two attached hydrogens (primary N) is 1. The number of carbonyl (C=O) groups excluding carboxylic acids is 1. The highest BCUT2D eigenvalue weighted by molar-refractivity contribution is 7.99. The summed E-state index contributed by atoms with van der Waals surface area (Å²) >= 11 is 1.30. The van der Waals surface area contributed by atoms with Gasteiger partial charge in [-0.3, -0.25) is 19.1 Å². The molecule has 0 bridgehead atoms. The number of benzene rings is 1. The Kier molecular flexibility index (Phi) is 7.17. The number of nitrogens with one attached hydrogen (secondary N) is 1. The lowest BCUT2D eigenvalue weighted by molar-refractivity contribution is -0.116. The largest absolute Gasteiger partial charge is 0.383 e. The van der Waals surface area contributed by atoms with E-state index in [0.717, 1.165) is 34.3 Å². The topological polar surface area (TPSA) is 114 Å². The number of thioether (sulfide) groups is 1. The number of carbonyl (C=O) groups is 1. The first-order valence-electron chi connectivity index (χ1n) is 10.3. The maximum atomic E-state index is 13.0. The third-order valence-corrected chi connectivity index (χ3v) is 5.98. The van der Waals surface area contributed by atoms with Crippen molar-refractivity contribution in [3.63, 3.8) is 0 Å². The standard InChI is InChI=1S/C22H27N5O3S/c1-4-6-11-27-20(23)19(21(29)25-22(27)30)26(5-2)18(28)13-31-17-12-14(3)15-9-7-8-10-16(15)24-17/h7-10,12H,4-6,11,13,23H2,1-3H3,(H,25,29,30). The van der Waals surface area contributed by atoms with Crippen molar-refractivity contribution in [2.45, 2.75) is 45.2 Å². The molecule has 1 amide bonds. The fourth-order valence-electron chi connectivity index (χ4n) is 3.44. The van der Waals surface area contributed by atoms with Gasteiger partial charge in [-0.05, 0) is 38.0 Å². The lowest BCUT2D eigenvalue weighted by Crippen LogP contribution is -2.41. The zero-order valence-electron chi connectivity index (χ0n) is 18.0. The Hall–Kier alpha value is -3.07. The predicted molar refractivity (Wildman–Crippen MR) is 126 cm³/mol. The van der Waals surface area contributed by atoms with Crippen LogP contribution >= 0.6 is 11.8 Å². The maximum absolute atomic E-state index is 13.0. The molecule has 8 nitrogen and oxygen atoms in total. The molecule has 0 aliphatic heterocycles. The highest BCUT2D eigenvalue weighted by Gasteiger charge is 2.23. The number of anilines is 2. The quantitative estimate of drug-likeness (QED) is 0.520. The molecule has 0 aliphatic carbocycles. The molecule has 0 fully saturated rings. The minimum atomic E-state index is -0.657. The molecule has 2 heterocycles. The SMILES string of the molecule is CCCCn1c(N)c(N(CC)C(=O)CSc2cc(C)c3ccccc3n2)c(=O)[nH]c1=O. The molecular formula is C22H27N5O3S. The summed E-state index contributed by atoms with van der Waals surface area (Å²) in [7, 11) is 0. The van der Waals surface area contributed by atoms with E-state index in [1.54, 1.807) is 6.92 Å². The van der Waals surface area contributed by atoms with E-state index < -0.39 is 11.2 Å². The van der Waals surface area contributed by atoms with Crippen LogP contribution < -0.4 is 21.9 Å². The van der Waals surface area contributed by atoms with Crippen molar-refractivity contribution in [3.05, 3.63) is 56.7 Å². The Morgan fingerprint density at radius 3 is 2.71 bits per heavy atom. The molecular weight excluding hydrogens is 414 g/mol. The summed E-state index contributed by atoms with van der Waals surface area (Å²) in [5.74, 6) is -0.175. The lowest BCUT2D eigenvalue weighted by Gasteiger charge is -2.23. The Labute approximate surface area is 184 Å². The fraction of sp³-hybridized carbons (Fsp3) is 0.364. The van der Waals surface area contributed by atoms with Gasteiger partial charge < -0.3 is 10.6 Å². The molecule has 9 heteroatoms. The van der Waals surface area contributed by atoms with Crippen LogP contribution in [0.4, 0.5) is 11.5 Å². The van der Waals surface area contributed by atoms with Crippen molar-refractivity contribution in [1.29, 1.82) is 0 Å². The normalized spacial score (nSPS) is 11.1. The number of nitrogen functional groups attached to an aromatic ring is 1. The summed E-state index contributed by atoms with van der Waals surface area (Å²) in [4.78, 5) is 45.9. The first-order chi connectivity index (χ1) is 14.9. The second-order valence-corrected chi connectivity index (χ2v) is 8.22. The molecule has 0 saturated carbocycles. The third-order valence-electron chi connectivity index (χ3n) is 5.08. The van der Waals surface area contributed by atoms with Crippen molar-refractivity contribution < 1.29 is 4.79 Å². The molecule has 3 N–H and O–H groups in total. The highest BCUT2D eigenvalue weighted by Crippen LogP contribution is 2.25. The second-order valence-electron chi connectivity index (χ2n) is 7.22. The molecule has 3 rings (SSSR count). The third kappa shape index (κ3) is 4.82. The first-order valence-corrected chi connectivity index (χ1v) is 11.3. The molecule has 0 aliphatic rings. The Bertz CT molecular complexity index is 1220. The van der Waals surface area contributed by atoms with Gasteiger partial charge in [-0.25, -0.2) is 9.78 Å². The van der Waals surface area contributed by atoms with Crippen LogP contribution in [0.3, 0.4) is 0 Å². The number of fused-ring (bicyclic) bond motifs is 1. The van der Waals surface area contributed by atoms with E-state index >= 15 is 0 Å². The number of aryl methyl sites for hydroxylation is 1. The fourth-order valence-corrected chi connectivity index (χ4v) is 4.29. The van der Waals surface area contributed by atoms with Crippen molar-refractivity contribution in [2.24, 2.45) is 0 Å². The number of rotatable bonds is 8. The molecule has 0 atom stereocenters. The monoisotopic (exact) mass is 441 g/mol. The van der Waals surface area contributed by atoms with Crippen LogP contribution in [-0.2, 0) is 11.3 Å². The molecule has 3 aromatic rings. The highest BCUT2D eigenvalue weighted by atomic mass is 32.2. The average molecular weight is 442 g/mol. The van der Waals surface area contributed by atoms with Crippen LogP contribution in [0.2, 0.25) is 0 Å². The number of H-pyrrole nitrogens is 1. The molecule has 0 saturated heterocycles. The summed E-state index contributed by atoms with van der Waals surface area (Å²) in [5.41, 5.74) is 6.91. The molecule has 1 aromatic carbocycles. The Morgan fingerprint density at radius 2 is 2.00 bits per heavy atom. The summed E-state index contributed by atoms with van der Waals surface area (Å²) in [6.45, 7) is 6.40. The maximum Gasteiger partial charge on any atom is 0.330 e. The van der Waals surface area contributed by atoms with E-state index in [4.69, 9.17) is 5.73 Å². The Morgan fingerprint density at radius 1 is 1.26 bits per heavy atom. The van der Waals surface area contributed by atoms with Crippen molar-refractivity contribution >= 4 is 40.1 Å². The van der Waals surface area contributed by atoms with Gasteiger partial charge >= 0.3 is 5.69 Å². The van der Waals surface area contributed by atoms with Crippen LogP contribution in [-0.4, -0.2) is 32.7 Å². The van der Waals surface area contributed by atoms with Gasteiger partial charge in [0, 0.05) is 18.5 Å². The minimum Gasteiger partial charge on any atom is -0.383 e. The van der Waals surface area contributed by atoms with Gasteiger partial charge in [-0.1, -0.05) is 43.3 Å². The van der Waals surface area contributed by atoms with Crippen LogP contribution in [0, 0.1) is 6.92 Å². The van der Waals surface area contributed by atoms with Gasteiger partial charge in [0.05, 0.1) is 16.3 Å². The van der Waals surface area contributed by atoms with E-state index in [0.29, 0.717) is 6.54 Å². The van der Waals surface area contributed by atoms with Crippen LogP contribution in [0.25, 0.3) is 10.9 Å². The van der Waals surface area contributed by atoms with Gasteiger partial charge in [-0.15, -0.1) is 0 Å². The van der Waals surface area contributed by atoms with Gasteiger partial charge in [0.25, 0.3) is 5.56 Å². The number of unbranched alkanes of at least 4 members (excludes halogenated alkanes) is 1. The molecule has 0 spiro atoms. The minimum absolute atomic E-state index is 0.0158. The molecule has 2 aromatic heterocycles. The summed E-state index contributed by atoms with van der Waals surface area (Å²) in [6, 6.07) is 9.79. The second kappa shape index (κ2) is 9.82. The van der Waals surface area contributed by atoms with Gasteiger partial charge in [0.1, 0.15) is 5.82 Å². The lowest BCUT2D eigenvalue weighted by atomic mass is 10.1. The number of nitrogens with zero attached hydrogens (tertiary/aromatic N) is 3. The molecule has 0 radical (unpaired) electrons. The van der Waals surface area contributed by atoms with E-state index in [-0.39, 0.29) is 29.7 Å². The van der Waals surface area contributed by atoms with E-state index in [1.807, 2.05) is 44.2 Å². The number of pyridine rings is 1. The van der Waals surface area contributed by atoms with Gasteiger partial charge in [0.15, 0.2) is 5.69 Å². The van der Waals surface area contributed by atoms with Crippen LogP contribution in [0.5, 0.6) is 0 Å². The number of aromatic nitrogens is 3. The zero-order valence-corrected chi connectivity index (χ0v) is 18.8. The van der Waals surface area contributed by atoms with E-state index in [1.165, 1.54) is 21.2 Å². The molecule has 0 unspecified atom stereocenters.